The van der Waals surface area contributed by atoms with Crippen LogP contribution < -0.4 is 9.47 Å². The minimum atomic E-state index is 0.221. The maximum absolute atomic E-state index is 8.93. The van der Waals surface area contributed by atoms with Gasteiger partial charge in [0.15, 0.2) is 11.5 Å². The smallest absolute Gasteiger partial charge is 0.179 e. The van der Waals surface area contributed by atoms with Crippen molar-refractivity contribution in [3.63, 3.8) is 0 Å². The molecule has 0 unspecified atom stereocenters. The van der Waals surface area contributed by atoms with Crippen molar-refractivity contribution in [1.29, 1.82) is 0 Å². The number of nitrogens with zero attached hydrogens (tertiary/aromatic N) is 1. The maximum atomic E-state index is 8.93. The molecule has 112 valence electrons. The first kappa shape index (κ1) is 15.4. The molecule has 1 aliphatic heterocycles. The first-order valence-electron chi connectivity index (χ1n) is 7.15. The van der Waals surface area contributed by atoms with E-state index in [4.69, 9.17) is 26.2 Å². The Labute approximate surface area is 125 Å². The monoisotopic (exact) mass is 299 g/mol. The quantitative estimate of drug-likeness (QED) is 0.877. The molecule has 0 saturated heterocycles. The zero-order valence-electron chi connectivity index (χ0n) is 11.9. The minimum absolute atomic E-state index is 0.221. The van der Waals surface area contributed by atoms with E-state index in [9.17, 15) is 0 Å². The van der Waals surface area contributed by atoms with Crippen molar-refractivity contribution in [1.82, 2.24) is 4.90 Å². The Morgan fingerprint density at radius 1 is 1.30 bits per heavy atom. The summed E-state index contributed by atoms with van der Waals surface area (Å²) in [4.78, 5) is 2.27. The van der Waals surface area contributed by atoms with Gasteiger partial charge in [0.25, 0.3) is 0 Å². The van der Waals surface area contributed by atoms with Crippen LogP contribution in [0, 0.1) is 0 Å². The molecule has 0 saturated carbocycles. The Kier molecular flexibility index (Phi) is 5.95. The summed E-state index contributed by atoms with van der Waals surface area (Å²) in [5.74, 6) is 1.40. The van der Waals surface area contributed by atoms with Crippen molar-refractivity contribution in [2.75, 3.05) is 32.9 Å². The molecule has 5 heteroatoms. The van der Waals surface area contributed by atoms with Crippen LogP contribution in [0.25, 0.3) is 0 Å². The summed E-state index contributed by atoms with van der Waals surface area (Å²) < 4.78 is 11.3. The number of benzene rings is 1. The van der Waals surface area contributed by atoms with Crippen LogP contribution in [-0.2, 0) is 6.54 Å². The molecule has 0 bridgehead atoms. The summed E-state index contributed by atoms with van der Waals surface area (Å²) in [6.07, 6.45) is 1.66. The Balaban J connectivity index is 2.12. The van der Waals surface area contributed by atoms with Gasteiger partial charge in [-0.15, -0.1) is 0 Å². The zero-order chi connectivity index (χ0) is 14.4. The molecule has 1 aromatic rings. The van der Waals surface area contributed by atoms with E-state index in [1.807, 2.05) is 12.1 Å². The second-order valence-electron chi connectivity index (χ2n) is 4.90. The van der Waals surface area contributed by atoms with Gasteiger partial charge in [-0.2, -0.15) is 0 Å². The normalized spacial score (nSPS) is 14.4. The van der Waals surface area contributed by atoms with Crippen LogP contribution in [0.15, 0.2) is 12.1 Å². The lowest BCUT2D eigenvalue weighted by atomic mass is 10.1. The Morgan fingerprint density at radius 2 is 2.10 bits per heavy atom. The third-order valence-corrected chi connectivity index (χ3v) is 3.63. The van der Waals surface area contributed by atoms with E-state index in [1.165, 1.54) is 0 Å². The summed E-state index contributed by atoms with van der Waals surface area (Å²) in [5, 5.41) is 9.53. The molecule has 0 aromatic heterocycles. The van der Waals surface area contributed by atoms with Crippen molar-refractivity contribution < 1.29 is 14.6 Å². The van der Waals surface area contributed by atoms with Crippen molar-refractivity contribution >= 4 is 11.6 Å². The van der Waals surface area contributed by atoms with Gasteiger partial charge in [0.2, 0.25) is 0 Å². The number of ether oxygens (including phenoxy) is 2. The molecule has 20 heavy (non-hydrogen) atoms. The number of rotatable bonds is 6. The minimum Gasteiger partial charge on any atom is -0.489 e. The summed E-state index contributed by atoms with van der Waals surface area (Å²) in [6, 6.07) is 3.95. The van der Waals surface area contributed by atoms with Gasteiger partial charge in [-0.1, -0.05) is 18.5 Å². The lowest BCUT2D eigenvalue weighted by molar-refractivity contribution is 0.225. The highest BCUT2D eigenvalue weighted by Gasteiger charge is 2.16. The van der Waals surface area contributed by atoms with E-state index in [1.54, 1.807) is 0 Å². The van der Waals surface area contributed by atoms with E-state index >= 15 is 0 Å². The first-order chi connectivity index (χ1) is 9.74. The third kappa shape index (κ3) is 4.01. The van der Waals surface area contributed by atoms with Gasteiger partial charge in [-0.3, -0.25) is 4.90 Å². The van der Waals surface area contributed by atoms with Gasteiger partial charge in [0.05, 0.1) is 18.2 Å². The van der Waals surface area contributed by atoms with Crippen LogP contribution in [0.3, 0.4) is 0 Å². The second kappa shape index (κ2) is 7.72. The molecule has 0 amide bonds. The lowest BCUT2D eigenvalue weighted by Gasteiger charge is -2.21. The first-order valence-corrected chi connectivity index (χ1v) is 7.53. The zero-order valence-corrected chi connectivity index (χ0v) is 12.7. The van der Waals surface area contributed by atoms with Crippen LogP contribution >= 0.6 is 11.6 Å². The molecule has 4 nitrogen and oxygen atoms in total. The molecule has 1 aromatic carbocycles. The molecule has 2 rings (SSSR count). The highest BCUT2D eigenvalue weighted by Crippen LogP contribution is 2.38. The van der Waals surface area contributed by atoms with Gasteiger partial charge in [0, 0.05) is 26.1 Å². The summed E-state index contributed by atoms with van der Waals surface area (Å²) in [6.45, 7) is 6.25. The molecule has 0 fully saturated rings. The Morgan fingerprint density at radius 3 is 2.85 bits per heavy atom. The Bertz CT molecular complexity index is 439. The van der Waals surface area contributed by atoms with E-state index in [-0.39, 0.29) is 6.61 Å². The fraction of sp³-hybridized carbons (Fsp3) is 0.600. The maximum Gasteiger partial charge on any atom is 0.179 e. The fourth-order valence-corrected chi connectivity index (χ4v) is 2.56. The van der Waals surface area contributed by atoms with E-state index < -0.39 is 0 Å². The van der Waals surface area contributed by atoms with Crippen LogP contribution in [0.1, 0.15) is 25.3 Å². The van der Waals surface area contributed by atoms with Gasteiger partial charge >= 0.3 is 0 Å². The summed E-state index contributed by atoms with van der Waals surface area (Å²) >= 11 is 6.29. The number of halogens is 1. The van der Waals surface area contributed by atoms with Gasteiger partial charge in [0.1, 0.15) is 0 Å². The number of fused-ring (bicyclic) bond motifs is 1. The number of hydrogen-bond acceptors (Lipinski definition) is 4. The molecule has 0 radical (unpaired) electrons. The standard InChI is InChI=1S/C15H22ClNO3/c1-2-17(5-3-6-18)11-12-9-13(16)15-14(10-12)19-7-4-8-20-15/h9-10,18H,2-8,11H2,1H3. The van der Waals surface area contributed by atoms with Crippen molar-refractivity contribution in [2.45, 2.75) is 26.3 Å². The average Bonchev–Trinajstić information content (AvgIpc) is 2.69. The fourth-order valence-electron chi connectivity index (χ4n) is 2.28. The van der Waals surface area contributed by atoms with Crippen molar-refractivity contribution in [3.8, 4) is 11.5 Å². The molecule has 1 aliphatic rings. The topological polar surface area (TPSA) is 41.9 Å². The van der Waals surface area contributed by atoms with Crippen LogP contribution in [0.4, 0.5) is 0 Å². The highest BCUT2D eigenvalue weighted by molar-refractivity contribution is 6.32. The van der Waals surface area contributed by atoms with E-state index in [0.29, 0.717) is 24.0 Å². The molecule has 0 atom stereocenters. The second-order valence-corrected chi connectivity index (χ2v) is 5.31. The number of aliphatic hydroxyl groups excluding tert-OH is 1. The van der Waals surface area contributed by atoms with Crippen LogP contribution in [-0.4, -0.2) is 42.9 Å². The molecular formula is C15H22ClNO3. The van der Waals surface area contributed by atoms with Crippen LogP contribution in [0.5, 0.6) is 11.5 Å². The van der Waals surface area contributed by atoms with Gasteiger partial charge < -0.3 is 14.6 Å². The lowest BCUT2D eigenvalue weighted by Crippen LogP contribution is -2.24. The van der Waals surface area contributed by atoms with Gasteiger partial charge in [-0.05, 0) is 30.7 Å². The van der Waals surface area contributed by atoms with Crippen LogP contribution in [0.2, 0.25) is 5.02 Å². The van der Waals surface area contributed by atoms with E-state index in [2.05, 4.69) is 11.8 Å². The highest BCUT2D eigenvalue weighted by atomic mass is 35.5. The molecular weight excluding hydrogens is 278 g/mol. The molecule has 1 heterocycles. The van der Waals surface area contributed by atoms with E-state index in [0.717, 1.165) is 43.8 Å². The SMILES string of the molecule is CCN(CCCO)Cc1cc(Cl)c2c(c1)OCCCO2. The predicted molar refractivity (Wildman–Crippen MR) is 79.7 cm³/mol. The number of aliphatic hydroxyl groups is 1. The Hall–Kier alpha value is -0.970. The van der Waals surface area contributed by atoms with Crippen molar-refractivity contribution in [2.24, 2.45) is 0 Å². The average molecular weight is 300 g/mol. The third-order valence-electron chi connectivity index (χ3n) is 3.35. The van der Waals surface area contributed by atoms with Gasteiger partial charge in [-0.25, -0.2) is 0 Å². The molecule has 1 N–H and O–H groups in total. The molecule has 0 spiro atoms. The largest absolute Gasteiger partial charge is 0.489 e. The number of hydrogen-bond donors (Lipinski definition) is 1. The summed E-state index contributed by atoms with van der Waals surface area (Å²) in [7, 11) is 0. The summed E-state index contributed by atoms with van der Waals surface area (Å²) in [5.41, 5.74) is 1.11. The predicted octanol–water partition coefficient (Wildman–Crippen LogP) is 2.71. The van der Waals surface area contributed by atoms with Crippen molar-refractivity contribution in [3.05, 3.63) is 22.7 Å². The molecule has 0 aliphatic carbocycles.